The van der Waals surface area contributed by atoms with E-state index in [1.54, 1.807) is 24.3 Å². The number of ether oxygens (including phenoxy) is 1. The topological polar surface area (TPSA) is 67.4 Å². The van der Waals surface area contributed by atoms with Crippen LogP contribution in [0.4, 0.5) is 10.5 Å². The Balaban J connectivity index is 1.70. The molecule has 0 saturated carbocycles. The number of urea groups is 1. The molecule has 2 amide bonds. The third-order valence-electron chi connectivity index (χ3n) is 3.58. The minimum Gasteiger partial charge on any atom is -0.378 e. The molecule has 1 fully saturated rings. The number of carbonyl (C=O) groups excluding carboxylic acids is 2. The van der Waals surface area contributed by atoms with Crippen molar-refractivity contribution in [3.8, 4) is 0 Å². The molecule has 0 spiro atoms. The van der Waals surface area contributed by atoms with Gasteiger partial charge in [0, 0.05) is 24.4 Å². The first-order valence-electron chi connectivity index (χ1n) is 7.42. The quantitative estimate of drug-likeness (QED) is 0.819. The molecular weight excluding hydrogens is 268 g/mol. The average Bonchev–Trinajstić information content (AvgIpc) is 2.49. The maximum absolute atomic E-state index is 11.7. The Morgan fingerprint density at radius 1 is 1.24 bits per heavy atom. The van der Waals surface area contributed by atoms with E-state index in [1.807, 2.05) is 0 Å². The van der Waals surface area contributed by atoms with Crippen molar-refractivity contribution in [3.63, 3.8) is 0 Å². The third-order valence-corrected chi connectivity index (χ3v) is 3.58. The molecule has 21 heavy (non-hydrogen) atoms. The third kappa shape index (κ3) is 5.19. The predicted octanol–water partition coefficient (Wildman–Crippen LogP) is 2.97. The zero-order valence-corrected chi connectivity index (χ0v) is 12.4. The molecular formula is C16H22N2O3. The highest BCUT2D eigenvalue weighted by atomic mass is 16.5. The van der Waals surface area contributed by atoms with E-state index in [4.69, 9.17) is 4.74 Å². The minimum absolute atomic E-state index is 0.0125. The van der Waals surface area contributed by atoms with Gasteiger partial charge in [0.05, 0.1) is 6.10 Å². The first-order chi connectivity index (χ1) is 10.1. The number of Topliss-reactive ketones (excluding diaryl/α,β-unsaturated/α-hetero) is 1. The summed E-state index contributed by atoms with van der Waals surface area (Å²) >= 11 is 0. The molecule has 1 aromatic rings. The van der Waals surface area contributed by atoms with Gasteiger partial charge in [-0.15, -0.1) is 0 Å². The number of ketones is 1. The van der Waals surface area contributed by atoms with E-state index >= 15 is 0 Å². The summed E-state index contributed by atoms with van der Waals surface area (Å²) in [5, 5.41) is 5.56. The summed E-state index contributed by atoms with van der Waals surface area (Å²) in [4.78, 5) is 22.9. The molecule has 0 bridgehead atoms. The second kappa shape index (κ2) is 7.78. The van der Waals surface area contributed by atoms with Gasteiger partial charge in [0.1, 0.15) is 0 Å². The summed E-state index contributed by atoms with van der Waals surface area (Å²) < 4.78 is 5.61. The lowest BCUT2D eigenvalue weighted by atomic mass is 10.1. The Kier molecular flexibility index (Phi) is 5.75. The molecule has 1 aliphatic heterocycles. The smallest absolute Gasteiger partial charge is 0.319 e. The van der Waals surface area contributed by atoms with Gasteiger partial charge >= 0.3 is 6.03 Å². The van der Waals surface area contributed by atoms with E-state index in [-0.39, 0.29) is 17.9 Å². The molecule has 0 radical (unpaired) electrons. The molecule has 1 atom stereocenters. The van der Waals surface area contributed by atoms with Crippen LogP contribution >= 0.6 is 0 Å². The first kappa shape index (κ1) is 15.5. The van der Waals surface area contributed by atoms with E-state index in [0.717, 1.165) is 25.9 Å². The Morgan fingerprint density at radius 3 is 2.62 bits per heavy atom. The van der Waals surface area contributed by atoms with E-state index in [1.165, 1.54) is 13.3 Å². The van der Waals surface area contributed by atoms with Crippen molar-refractivity contribution < 1.29 is 14.3 Å². The van der Waals surface area contributed by atoms with Crippen LogP contribution in [0.2, 0.25) is 0 Å². The molecule has 1 unspecified atom stereocenters. The van der Waals surface area contributed by atoms with Crippen LogP contribution < -0.4 is 10.6 Å². The van der Waals surface area contributed by atoms with Crippen molar-refractivity contribution in [3.05, 3.63) is 29.8 Å². The van der Waals surface area contributed by atoms with E-state index < -0.39 is 0 Å². The van der Waals surface area contributed by atoms with Gasteiger partial charge in [-0.05, 0) is 56.9 Å². The Morgan fingerprint density at radius 2 is 2.00 bits per heavy atom. The fraction of sp³-hybridized carbons (Fsp3) is 0.500. The van der Waals surface area contributed by atoms with Crippen molar-refractivity contribution in [2.24, 2.45) is 0 Å². The van der Waals surface area contributed by atoms with Crippen LogP contribution in [-0.4, -0.2) is 31.1 Å². The van der Waals surface area contributed by atoms with Crippen molar-refractivity contribution in [2.45, 2.75) is 38.7 Å². The average molecular weight is 290 g/mol. The summed E-state index contributed by atoms with van der Waals surface area (Å²) in [5.74, 6) is 0.0125. The van der Waals surface area contributed by atoms with Crippen LogP contribution in [0, 0.1) is 0 Å². The van der Waals surface area contributed by atoms with Gasteiger partial charge in [0.2, 0.25) is 0 Å². The summed E-state index contributed by atoms with van der Waals surface area (Å²) in [6.45, 7) is 2.95. The van der Waals surface area contributed by atoms with Gasteiger partial charge < -0.3 is 15.4 Å². The van der Waals surface area contributed by atoms with Crippen LogP contribution in [0.25, 0.3) is 0 Å². The van der Waals surface area contributed by atoms with Crippen molar-refractivity contribution in [1.82, 2.24) is 5.32 Å². The molecule has 1 aromatic carbocycles. The van der Waals surface area contributed by atoms with Gasteiger partial charge in [-0.25, -0.2) is 4.79 Å². The lowest BCUT2D eigenvalue weighted by molar-refractivity contribution is 0.0120. The van der Waals surface area contributed by atoms with E-state index in [0.29, 0.717) is 17.8 Å². The normalized spacial score (nSPS) is 18.0. The fourth-order valence-electron chi connectivity index (χ4n) is 2.35. The molecule has 0 aliphatic carbocycles. The number of rotatable bonds is 5. The van der Waals surface area contributed by atoms with Crippen molar-refractivity contribution in [2.75, 3.05) is 18.5 Å². The Hall–Kier alpha value is -1.88. The van der Waals surface area contributed by atoms with Crippen LogP contribution in [0.1, 0.15) is 43.0 Å². The second-order valence-corrected chi connectivity index (χ2v) is 5.29. The summed E-state index contributed by atoms with van der Waals surface area (Å²) in [6, 6.07) is 6.62. The van der Waals surface area contributed by atoms with Gasteiger partial charge in [0.25, 0.3) is 0 Å². The summed E-state index contributed by atoms with van der Waals surface area (Å²) in [6.07, 6.45) is 4.54. The van der Waals surface area contributed by atoms with Crippen LogP contribution in [0.3, 0.4) is 0 Å². The highest BCUT2D eigenvalue weighted by Crippen LogP contribution is 2.15. The number of hydrogen-bond donors (Lipinski definition) is 2. The van der Waals surface area contributed by atoms with E-state index in [2.05, 4.69) is 10.6 Å². The molecule has 1 heterocycles. The Bertz CT molecular complexity index is 479. The molecule has 2 N–H and O–H groups in total. The molecule has 0 aromatic heterocycles. The maximum atomic E-state index is 11.7. The lowest BCUT2D eigenvalue weighted by Crippen LogP contribution is -2.32. The van der Waals surface area contributed by atoms with Crippen LogP contribution in [0.15, 0.2) is 24.3 Å². The van der Waals surface area contributed by atoms with Crippen LogP contribution in [-0.2, 0) is 4.74 Å². The molecule has 2 rings (SSSR count). The van der Waals surface area contributed by atoms with Crippen molar-refractivity contribution in [1.29, 1.82) is 0 Å². The highest BCUT2D eigenvalue weighted by molar-refractivity contribution is 5.95. The van der Waals surface area contributed by atoms with Crippen LogP contribution in [0.5, 0.6) is 0 Å². The fourth-order valence-corrected chi connectivity index (χ4v) is 2.35. The molecule has 114 valence electrons. The second-order valence-electron chi connectivity index (χ2n) is 5.29. The number of anilines is 1. The summed E-state index contributed by atoms with van der Waals surface area (Å²) in [7, 11) is 0. The standard InChI is InChI=1S/C16H22N2O3/c1-12(19)13-5-7-14(8-6-13)18-16(20)17-10-9-15-4-2-3-11-21-15/h5-8,15H,2-4,9-11H2,1H3,(H2,17,18,20). The number of carbonyl (C=O) groups is 2. The predicted molar refractivity (Wildman–Crippen MR) is 81.7 cm³/mol. The van der Waals surface area contributed by atoms with Gasteiger partial charge in [-0.3, -0.25) is 4.79 Å². The molecule has 5 heteroatoms. The molecule has 1 aliphatic rings. The highest BCUT2D eigenvalue weighted by Gasteiger charge is 2.13. The number of benzene rings is 1. The minimum atomic E-state index is -0.235. The zero-order valence-electron chi connectivity index (χ0n) is 12.4. The summed E-state index contributed by atoms with van der Waals surface area (Å²) in [5.41, 5.74) is 1.31. The Labute approximate surface area is 125 Å². The number of nitrogens with one attached hydrogen (secondary N) is 2. The largest absolute Gasteiger partial charge is 0.378 e. The molecule has 1 saturated heterocycles. The molecule has 5 nitrogen and oxygen atoms in total. The number of amides is 2. The maximum Gasteiger partial charge on any atom is 0.319 e. The lowest BCUT2D eigenvalue weighted by Gasteiger charge is -2.22. The van der Waals surface area contributed by atoms with Crippen molar-refractivity contribution >= 4 is 17.5 Å². The van der Waals surface area contributed by atoms with Gasteiger partial charge in [-0.2, -0.15) is 0 Å². The van der Waals surface area contributed by atoms with Gasteiger partial charge in [-0.1, -0.05) is 0 Å². The van der Waals surface area contributed by atoms with Gasteiger partial charge in [0.15, 0.2) is 5.78 Å². The van der Waals surface area contributed by atoms with E-state index in [9.17, 15) is 9.59 Å². The number of hydrogen-bond acceptors (Lipinski definition) is 3. The first-order valence-corrected chi connectivity index (χ1v) is 7.42. The monoisotopic (exact) mass is 290 g/mol. The SMILES string of the molecule is CC(=O)c1ccc(NC(=O)NCCC2CCCCO2)cc1. The zero-order chi connectivity index (χ0) is 15.1.